The Morgan fingerprint density at radius 3 is 2.04 bits per heavy atom. The minimum absolute atomic E-state index is 0.0875. The van der Waals surface area contributed by atoms with Crippen molar-refractivity contribution in [3.05, 3.63) is 24.2 Å². The number of carbonyl (C=O) groups is 1. The van der Waals surface area contributed by atoms with E-state index in [9.17, 15) is 4.79 Å². The van der Waals surface area contributed by atoms with Crippen molar-refractivity contribution in [2.45, 2.75) is 109 Å². The molecule has 0 saturated heterocycles. The van der Waals surface area contributed by atoms with Crippen molar-refractivity contribution >= 4 is 5.97 Å². The van der Waals surface area contributed by atoms with Crippen LogP contribution < -0.4 is 0 Å². The van der Waals surface area contributed by atoms with Crippen LogP contribution in [0.3, 0.4) is 0 Å². The van der Waals surface area contributed by atoms with Gasteiger partial charge in [-0.05, 0) is 12.7 Å². The quantitative estimate of drug-likeness (QED) is 0.158. The molecule has 0 aliphatic carbocycles. The Morgan fingerprint density at radius 2 is 1.46 bits per heavy atom. The third-order valence-corrected chi connectivity index (χ3v) is 3.36. The highest BCUT2D eigenvalue weighted by Crippen LogP contribution is 2.13. The number of carboxylic acid groups (broad SMARTS) is 1. The molecule has 0 saturated carbocycles. The van der Waals surface area contributed by atoms with Crippen molar-refractivity contribution in [2.75, 3.05) is 0 Å². The molecule has 2 nitrogen and oxygen atoms in total. The fourth-order valence-electron chi connectivity index (χ4n) is 2.10. The monoisotopic (exact) mass is 349 g/mol. The molecule has 0 heterocycles. The van der Waals surface area contributed by atoms with E-state index in [2.05, 4.69) is 6.92 Å². The second kappa shape index (κ2) is 20.0. The Kier molecular flexibility index (Phi) is 7.54. The Hall–Kier alpha value is -1.05. The van der Waals surface area contributed by atoms with Gasteiger partial charge in [0.25, 0.3) is 0 Å². The molecule has 0 aliphatic rings. The molecule has 0 aromatic carbocycles. The summed E-state index contributed by atoms with van der Waals surface area (Å²) in [6, 6.07) is -5.86. The summed E-state index contributed by atoms with van der Waals surface area (Å²) in [5.74, 6) is -1.93. The van der Waals surface area contributed by atoms with Crippen molar-refractivity contribution in [3.63, 3.8) is 0 Å². The van der Waals surface area contributed by atoms with E-state index in [1.54, 1.807) is 0 Å². The average Bonchev–Trinajstić information content (AvgIpc) is 2.82. The summed E-state index contributed by atoms with van der Waals surface area (Å²) in [6.45, 7) is 2.15. The molecule has 1 atom stereocenters. The summed E-state index contributed by atoms with van der Waals surface area (Å²) in [7, 11) is 0. The first-order valence-electron chi connectivity index (χ1n) is 15.4. The normalized spacial score (nSPS) is 25.0. The number of carboxylic acids is 1. The van der Waals surface area contributed by atoms with Gasteiger partial charge >= 0.3 is 5.97 Å². The maximum Gasteiger partial charge on any atom is 0.328 e. The third kappa shape index (κ3) is 20.9. The van der Waals surface area contributed by atoms with Crippen LogP contribution in [0.1, 0.15) is 127 Å². The van der Waals surface area contributed by atoms with Crippen LogP contribution in [-0.2, 0) is 4.79 Å². The Labute approximate surface area is 168 Å². The number of aliphatic carboxylic acids is 1. The zero-order chi connectivity index (χ0) is 29.2. The number of rotatable bonds is 18. The van der Waals surface area contributed by atoms with Gasteiger partial charge in [-0.1, -0.05) is 115 Å². The Morgan fingerprint density at radius 1 is 0.875 bits per heavy atom. The van der Waals surface area contributed by atoms with Crippen LogP contribution >= 0.6 is 0 Å². The average molecular weight is 350 g/mol. The fraction of sp³-hybridized carbons (Fsp3) is 0.773. The lowest BCUT2D eigenvalue weighted by Gasteiger charge is -2.03. The predicted molar refractivity (Wildman–Crippen MR) is 105 cm³/mol. The highest BCUT2D eigenvalue weighted by Gasteiger charge is 1.94. The smallest absolute Gasteiger partial charge is 0.328 e. The van der Waals surface area contributed by atoms with Crippen LogP contribution in [0, 0.1) is 0 Å². The van der Waals surface area contributed by atoms with Crippen LogP contribution in [0.2, 0.25) is 0 Å². The molecular formula is C22H40O2. The summed E-state index contributed by atoms with van der Waals surface area (Å²) < 4.78 is 103. The van der Waals surface area contributed by atoms with E-state index in [0.29, 0.717) is 12.8 Å². The summed E-state index contributed by atoms with van der Waals surface area (Å²) in [4.78, 5) is 10.9. The third-order valence-electron chi connectivity index (χ3n) is 3.36. The lowest BCUT2D eigenvalue weighted by atomic mass is 10.0. The lowest BCUT2D eigenvalue weighted by molar-refractivity contribution is -0.131. The molecule has 0 amide bonds. The van der Waals surface area contributed by atoms with Crippen molar-refractivity contribution < 1.29 is 27.7 Å². The van der Waals surface area contributed by atoms with Gasteiger partial charge in [0.15, 0.2) is 0 Å². The molecule has 1 N–H and O–H groups in total. The maximum atomic E-state index is 10.9. The van der Waals surface area contributed by atoms with Crippen LogP contribution in [0.4, 0.5) is 0 Å². The SMILES string of the molecule is [2H]C(C(=O)O)=C([2H])C([2H])=C([2H])C([2H])([2H])C([2H])([2H])C([2H])([2H])C([2H])([2H])C([2H])CCCCCCCCCCCC. The fourth-order valence-corrected chi connectivity index (χ4v) is 2.10. The van der Waals surface area contributed by atoms with Crippen LogP contribution in [0.5, 0.6) is 0 Å². The van der Waals surface area contributed by atoms with Crippen molar-refractivity contribution in [3.8, 4) is 0 Å². The van der Waals surface area contributed by atoms with E-state index in [4.69, 9.17) is 22.9 Å². The molecule has 2 heteroatoms. The molecule has 0 aromatic heterocycles. The largest absolute Gasteiger partial charge is 0.478 e. The molecule has 140 valence electrons. The zero-order valence-electron chi connectivity index (χ0n) is 27.7. The minimum Gasteiger partial charge on any atom is -0.478 e. The van der Waals surface area contributed by atoms with E-state index in [-0.39, 0.29) is 6.42 Å². The standard InChI is InChI=1S/C22H40O2/c1-2-3-4-5-6-7-8-9-10-11-12-13-14-15-16-17-18-19-20-21-22(23)24/h18-21H,2-17H2,1H3,(H,23,24)/i13D,14D2,15D2,16D2,17D2,18D,19D,20D,21D. The molecule has 0 aromatic rings. The molecule has 1 unspecified atom stereocenters. The predicted octanol–water partition coefficient (Wildman–Crippen LogP) is 7.44. The van der Waals surface area contributed by atoms with E-state index in [0.717, 1.165) is 25.7 Å². The van der Waals surface area contributed by atoms with Crippen molar-refractivity contribution in [1.82, 2.24) is 0 Å². The first-order chi connectivity index (χ1) is 16.8. The number of hydrogen-bond acceptors (Lipinski definition) is 1. The van der Waals surface area contributed by atoms with Gasteiger partial charge in [0, 0.05) is 18.4 Å². The van der Waals surface area contributed by atoms with Crippen molar-refractivity contribution in [2.24, 2.45) is 0 Å². The van der Waals surface area contributed by atoms with Gasteiger partial charge in [0.05, 0.1) is 5.48 Å². The molecule has 0 rings (SSSR count). The van der Waals surface area contributed by atoms with Crippen molar-refractivity contribution in [1.29, 1.82) is 0 Å². The molecule has 24 heavy (non-hydrogen) atoms. The Balaban J connectivity index is 5.43. The summed E-state index contributed by atoms with van der Waals surface area (Å²) >= 11 is 0. The molecule has 0 bridgehead atoms. The van der Waals surface area contributed by atoms with Crippen LogP contribution in [-0.4, -0.2) is 11.1 Å². The van der Waals surface area contributed by atoms with E-state index < -0.39 is 62.1 Å². The van der Waals surface area contributed by atoms with Gasteiger partial charge in [0.1, 0.15) is 0 Å². The van der Waals surface area contributed by atoms with Gasteiger partial charge in [-0.2, -0.15) is 0 Å². The molecular weight excluding hydrogens is 296 g/mol. The first-order valence-corrected chi connectivity index (χ1v) is 8.83. The first kappa shape index (κ1) is 9.05. The van der Waals surface area contributed by atoms with Gasteiger partial charge in [-0.15, -0.1) is 0 Å². The second-order valence-corrected chi connectivity index (χ2v) is 5.50. The number of unbranched alkanes of at least 4 members (excludes halogenated alkanes) is 9. The molecule has 0 spiro atoms. The van der Waals surface area contributed by atoms with Gasteiger partial charge in [-0.25, -0.2) is 4.79 Å². The second-order valence-electron chi connectivity index (χ2n) is 5.50. The van der Waals surface area contributed by atoms with E-state index in [1.807, 2.05) is 0 Å². The van der Waals surface area contributed by atoms with Gasteiger partial charge < -0.3 is 5.11 Å². The van der Waals surface area contributed by atoms with Gasteiger partial charge in [0.2, 0.25) is 0 Å². The van der Waals surface area contributed by atoms with E-state index in [1.165, 1.54) is 25.7 Å². The number of hydrogen-bond donors (Lipinski definition) is 1. The minimum atomic E-state index is -3.80. The Bertz CT molecular complexity index is 806. The van der Waals surface area contributed by atoms with Gasteiger partial charge in [-0.3, -0.25) is 0 Å². The van der Waals surface area contributed by atoms with E-state index >= 15 is 0 Å². The molecule has 0 radical (unpaired) electrons. The maximum absolute atomic E-state index is 10.9. The molecule has 0 fully saturated rings. The molecule has 0 aliphatic heterocycles. The topological polar surface area (TPSA) is 37.3 Å². The highest BCUT2D eigenvalue weighted by atomic mass is 16.4. The highest BCUT2D eigenvalue weighted by molar-refractivity contribution is 5.80. The summed E-state index contributed by atoms with van der Waals surface area (Å²) in [6.07, 6.45) is -6.15. The summed E-state index contributed by atoms with van der Waals surface area (Å²) in [5.41, 5.74) is 0. The van der Waals surface area contributed by atoms with Crippen LogP contribution in [0.25, 0.3) is 0 Å². The zero-order valence-corrected chi connectivity index (χ0v) is 14.7. The van der Waals surface area contributed by atoms with Crippen LogP contribution in [0.15, 0.2) is 24.2 Å². The number of allylic oxidation sites excluding steroid dienone is 3. The summed E-state index contributed by atoms with van der Waals surface area (Å²) in [5, 5.41) is 8.78. The lowest BCUT2D eigenvalue weighted by Crippen LogP contribution is -1.84.